The van der Waals surface area contributed by atoms with E-state index in [1.807, 2.05) is 0 Å². The van der Waals surface area contributed by atoms with E-state index in [0.29, 0.717) is 11.3 Å². The number of phenolic OH excluding ortho intramolecular Hbond substituents is 1. The standard InChI is InChI=1S/C24H26O12/c1-31-11-6-4-10(5-7-11)13-8-12(26)15-17(28)21(32-2)22(33-3)23(20(15)34-13)36-24-19(30)18(29)16(27)14(9-25)35-24/h4-8,14,16,18-19,24-25,27-30H,9H2,1-3H3/t14?,16-,18+,19?,24+/m1/s1. The summed E-state index contributed by atoms with van der Waals surface area (Å²) in [4.78, 5) is 13.1. The molecule has 1 aliphatic heterocycles. The van der Waals surface area contributed by atoms with Crippen molar-refractivity contribution in [2.75, 3.05) is 27.9 Å². The molecule has 2 aromatic carbocycles. The summed E-state index contributed by atoms with van der Waals surface area (Å²) in [6.45, 7) is -0.682. The number of aromatic hydroxyl groups is 1. The van der Waals surface area contributed by atoms with Crippen molar-refractivity contribution in [2.24, 2.45) is 0 Å². The van der Waals surface area contributed by atoms with Gasteiger partial charge in [0.2, 0.25) is 23.5 Å². The Kier molecular flexibility index (Phi) is 7.24. The van der Waals surface area contributed by atoms with Crippen LogP contribution in [0.3, 0.4) is 0 Å². The number of hydrogen-bond donors (Lipinski definition) is 5. The van der Waals surface area contributed by atoms with Crippen molar-refractivity contribution in [2.45, 2.75) is 30.7 Å². The molecule has 0 bridgehead atoms. The number of fused-ring (bicyclic) bond motifs is 1. The number of hydrogen-bond acceptors (Lipinski definition) is 12. The number of aliphatic hydroxyl groups is 4. The molecular weight excluding hydrogens is 480 g/mol. The summed E-state index contributed by atoms with van der Waals surface area (Å²) >= 11 is 0. The molecule has 2 unspecified atom stereocenters. The second kappa shape index (κ2) is 10.2. The maximum atomic E-state index is 13.1. The maximum Gasteiger partial charge on any atom is 0.229 e. The van der Waals surface area contributed by atoms with Crippen molar-refractivity contribution in [3.05, 3.63) is 40.6 Å². The Morgan fingerprint density at radius 3 is 2.14 bits per heavy atom. The number of aliphatic hydroxyl groups excluding tert-OH is 4. The lowest BCUT2D eigenvalue weighted by molar-refractivity contribution is -0.277. The van der Waals surface area contributed by atoms with E-state index in [9.17, 15) is 30.3 Å². The second-order valence-electron chi connectivity index (χ2n) is 7.97. The predicted octanol–water partition coefficient (Wildman–Crippen LogP) is 0.370. The number of methoxy groups -OCH3 is 3. The lowest BCUT2D eigenvalue weighted by atomic mass is 9.99. The minimum atomic E-state index is -1.76. The molecule has 0 aliphatic carbocycles. The van der Waals surface area contributed by atoms with E-state index in [4.69, 9.17) is 28.1 Å². The van der Waals surface area contributed by atoms with Gasteiger partial charge in [0, 0.05) is 11.6 Å². The van der Waals surface area contributed by atoms with Crippen LogP contribution in [0.15, 0.2) is 39.5 Å². The monoisotopic (exact) mass is 506 g/mol. The highest BCUT2D eigenvalue weighted by Gasteiger charge is 2.45. The molecule has 0 saturated carbocycles. The van der Waals surface area contributed by atoms with Crippen LogP contribution in [0.1, 0.15) is 0 Å². The van der Waals surface area contributed by atoms with Crippen molar-refractivity contribution >= 4 is 11.0 Å². The molecule has 0 amide bonds. The number of benzene rings is 2. The number of ether oxygens (including phenoxy) is 5. The molecule has 0 radical (unpaired) electrons. The first-order chi connectivity index (χ1) is 17.2. The summed E-state index contributed by atoms with van der Waals surface area (Å²) in [5.74, 6) is -0.624. The summed E-state index contributed by atoms with van der Waals surface area (Å²) < 4.78 is 33.0. The topological polar surface area (TPSA) is 178 Å². The molecule has 12 heteroatoms. The van der Waals surface area contributed by atoms with Gasteiger partial charge < -0.3 is 53.6 Å². The number of phenols is 1. The highest BCUT2D eigenvalue weighted by atomic mass is 16.7. The Hall–Kier alpha value is -3.55. The lowest BCUT2D eigenvalue weighted by Gasteiger charge is -2.39. The summed E-state index contributed by atoms with van der Waals surface area (Å²) in [5, 5.41) is 50.7. The van der Waals surface area contributed by atoms with Crippen LogP contribution in [0.4, 0.5) is 0 Å². The third kappa shape index (κ3) is 4.29. The van der Waals surface area contributed by atoms with Crippen LogP contribution >= 0.6 is 0 Å². The average molecular weight is 506 g/mol. The lowest BCUT2D eigenvalue weighted by Crippen LogP contribution is -2.60. The van der Waals surface area contributed by atoms with E-state index in [0.717, 1.165) is 0 Å². The minimum absolute atomic E-state index is 0.112. The Morgan fingerprint density at radius 2 is 1.56 bits per heavy atom. The van der Waals surface area contributed by atoms with E-state index < -0.39 is 48.5 Å². The highest BCUT2D eigenvalue weighted by Crippen LogP contribution is 2.50. The van der Waals surface area contributed by atoms with Crippen molar-refractivity contribution < 1.29 is 53.6 Å². The first kappa shape index (κ1) is 25.5. The van der Waals surface area contributed by atoms with Gasteiger partial charge in [0.05, 0.1) is 27.9 Å². The van der Waals surface area contributed by atoms with Crippen molar-refractivity contribution in [1.82, 2.24) is 0 Å². The Morgan fingerprint density at radius 1 is 0.889 bits per heavy atom. The van der Waals surface area contributed by atoms with Crippen LogP contribution in [-0.4, -0.2) is 84.2 Å². The number of rotatable bonds is 7. The third-order valence-electron chi connectivity index (χ3n) is 5.88. The quantitative estimate of drug-likeness (QED) is 0.298. The molecule has 2 heterocycles. The van der Waals surface area contributed by atoms with E-state index >= 15 is 0 Å². The fraction of sp³-hybridized carbons (Fsp3) is 0.375. The Bertz CT molecular complexity index is 1280. The van der Waals surface area contributed by atoms with Crippen LogP contribution in [0.25, 0.3) is 22.3 Å². The highest BCUT2D eigenvalue weighted by molar-refractivity contribution is 5.95. The average Bonchev–Trinajstić information content (AvgIpc) is 2.89. The van der Waals surface area contributed by atoms with Crippen molar-refractivity contribution in [3.8, 4) is 40.1 Å². The van der Waals surface area contributed by atoms with Crippen LogP contribution in [-0.2, 0) is 4.74 Å². The van der Waals surface area contributed by atoms with Crippen molar-refractivity contribution in [1.29, 1.82) is 0 Å². The molecule has 5 atom stereocenters. The molecule has 1 aliphatic rings. The van der Waals surface area contributed by atoms with Crippen LogP contribution in [0.2, 0.25) is 0 Å². The zero-order chi connectivity index (χ0) is 26.1. The van der Waals surface area contributed by atoms with Crippen LogP contribution < -0.4 is 24.4 Å². The largest absolute Gasteiger partial charge is 0.504 e. The van der Waals surface area contributed by atoms with Gasteiger partial charge in [-0.15, -0.1) is 0 Å². The summed E-state index contributed by atoms with van der Waals surface area (Å²) in [5.41, 5.74) is -0.400. The summed E-state index contributed by atoms with van der Waals surface area (Å²) in [6, 6.07) is 7.81. The molecule has 3 aromatic rings. The molecule has 1 aromatic heterocycles. The Balaban J connectivity index is 1.92. The fourth-order valence-corrected chi connectivity index (χ4v) is 3.97. The van der Waals surface area contributed by atoms with E-state index in [1.54, 1.807) is 24.3 Å². The smallest absolute Gasteiger partial charge is 0.229 e. The second-order valence-corrected chi connectivity index (χ2v) is 7.97. The van der Waals surface area contributed by atoms with Gasteiger partial charge in [-0.25, -0.2) is 0 Å². The van der Waals surface area contributed by atoms with E-state index in [1.165, 1.54) is 27.4 Å². The van der Waals surface area contributed by atoms with E-state index in [2.05, 4.69) is 0 Å². The van der Waals surface area contributed by atoms with Crippen molar-refractivity contribution in [3.63, 3.8) is 0 Å². The van der Waals surface area contributed by atoms with Crippen LogP contribution in [0.5, 0.6) is 28.7 Å². The first-order valence-corrected chi connectivity index (χ1v) is 10.8. The van der Waals surface area contributed by atoms with Gasteiger partial charge in [-0.1, -0.05) is 0 Å². The zero-order valence-corrected chi connectivity index (χ0v) is 19.6. The fourth-order valence-electron chi connectivity index (χ4n) is 3.97. The summed E-state index contributed by atoms with van der Waals surface area (Å²) in [7, 11) is 3.99. The molecule has 5 N–H and O–H groups in total. The summed E-state index contributed by atoms with van der Waals surface area (Å²) in [6.07, 6.45) is -8.00. The Labute approximate surface area is 204 Å². The normalized spacial score (nSPS) is 23.9. The molecule has 1 fully saturated rings. The third-order valence-corrected chi connectivity index (χ3v) is 5.88. The molecule has 12 nitrogen and oxygen atoms in total. The molecular formula is C24H26O12. The van der Waals surface area contributed by atoms with Gasteiger partial charge in [0.15, 0.2) is 16.8 Å². The minimum Gasteiger partial charge on any atom is -0.504 e. The molecule has 194 valence electrons. The van der Waals surface area contributed by atoms with Gasteiger partial charge in [0.1, 0.15) is 41.3 Å². The first-order valence-electron chi connectivity index (χ1n) is 10.8. The van der Waals surface area contributed by atoms with Gasteiger partial charge in [-0.05, 0) is 24.3 Å². The molecule has 4 rings (SSSR count). The zero-order valence-electron chi connectivity index (χ0n) is 19.6. The SMILES string of the molecule is COc1ccc(-c2cc(=O)c3c(O)c(OC)c(OC)c(O[C@@H]4OC(CO)[C@@H](O)[C@H](O)C4O)c3o2)cc1. The molecule has 36 heavy (non-hydrogen) atoms. The van der Waals surface area contributed by atoms with Gasteiger partial charge in [-0.2, -0.15) is 0 Å². The van der Waals surface area contributed by atoms with Gasteiger partial charge >= 0.3 is 0 Å². The van der Waals surface area contributed by atoms with Gasteiger partial charge in [-0.3, -0.25) is 4.79 Å². The van der Waals surface area contributed by atoms with Gasteiger partial charge in [0.25, 0.3) is 0 Å². The van der Waals surface area contributed by atoms with Crippen LogP contribution in [0, 0.1) is 0 Å². The van der Waals surface area contributed by atoms with E-state index in [-0.39, 0.29) is 34.0 Å². The maximum absolute atomic E-state index is 13.1. The molecule has 0 spiro atoms. The predicted molar refractivity (Wildman–Crippen MR) is 124 cm³/mol. The molecule has 1 saturated heterocycles.